The minimum atomic E-state index is -0.972. The Kier molecular flexibility index (Phi) is 8.55. The largest absolute Gasteiger partial charge is 0.478 e. The van der Waals surface area contributed by atoms with Gasteiger partial charge in [0, 0.05) is 23.5 Å². The van der Waals surface area contributed by atoms with E-state index in [4.69, 9.17) is 17.3 Å². The van der Waals surface area contributed by atoms with Crippen molar-refractivity contribution >= 4 is 34.4 Å². The molecule has 7 nitrogen and oxygen atoms in total. The van der Waals surface area contributed by atoms with Crippen LogP contribution in [0.4, 0.5) is 0 Å². The first kappa shape index (κ1) is 28.7. The number of hydrogen-bond acceptors (Lipinski definition) is 4. The lowest BCUT2D eigenvalue weighted by atomic mass is 9.82. The van der Waals surface area contributed by atoms with Crippen molar-refractivity contribution in [1.29, 1.82) is 0 Å². The molecule has 1 aromatic heterocycles. The van der Waals surface area contributed by atoms with Gasteiger partial charge in [-0.15, -0.1) is 0 Å². The molecule has 2 aromatic carbocycles. The molecule has 5 rings (SSSR count). The molecular formula is C32H41ClN4O3. The molecule has 214 valence electrons. The summed E-state index contributed by atoms with van der Waals surface area (Å²) in [5.74, 6) is -0.583. The van der Waals surface area contributed by atoms with Crippen molar-refractivity contribution < 1.29 is 14.7 Å². The molecule has 3 N–H and O–H groups in total. The predicted molar refractivity (Wildman–Crippen MR) is 161 cm³/mol. The van der Waals surface area contributed by atoms with Gasteiger partial charge in [0.05, 0.1) is 22.4 Å². The Morgan fingerprint density at radius 2 is 1.68 bits per heavy atom. The Balaban J connectivity index is 1.57. The third-order valence-electron chi connectivity index (χ3n) is 9.15. The Morgan fingerprint density at radius 1 is 1.02 bits per heavy atom. The van der Waals surface area contributed by atoms with E-state index in [2.05, 4.69) is 23.3 Å². The SMILES string of the molecule is CCN(CC)C1(N)CCN(C(=O)Cn2c(-c3ccc(Cl)cc3)c(C3CCCCC3)c3ccc(C(=O)O)cc32)CC1. The number of carbonyl (C=O) groups is 2. The lowest BCUT2D eigenvalue weighted by Gasteiger charge is -2.46. The lowest BCUT2D eigenvalue weighted by molar-refractivity contribution is -0.134. The highest BCUT2D eigenvalue weighted by Gasteiger charge is 2.36. The molecule has 0 spiro atoms. The summed E-state index contributed by atoms with van der Waals surface area (Å²) >= 11 is 6.27. The van der Waals surface area contributed by atoms with E-state index in [0.29, 0.717) is 24.0 Å². The van der Waals surface area contributed by atoms with Crippen LogP contribution < -0.4 is 5.73 Å². The number of carboxylic acid groups (broad SMARTS) is 1. The summed E-state index contributed by atoms with van der Waals surface area (Å²) in [6.45, 7) is 7.38. The standard InChI is InChI=1S/C32H41ClN4O3/c1-3-36(4-2)32(34)16-18-35(19-17-32)28(38)21-37-27-20-24(31(39)40)12-15-26(27)29(22-8-6-5-7-9-22)30(37)23-10-13-25(33)14-11-23/h10-15,20,22H,3-9,16-19,21,34H2,1-2H3,(H,39,40). The summed E-state index contributed by atoms with van der Waals surface area (Å²) in [5, 5.41) is 11.5. The molecule has 0 bridgehead atoms. The monoisotopic (exact) mass is 564 g/mol. The van der Waals surface area contributed by atoms with Crippen molar-refractivity contribution in [1.82, 2.24) is 14.4 Å². The van der Waals surface area contributed by atoms with Crippen LogP contribution in [0.3, 0.4) is 0 Å². The van der Waals surface area contributed by atoms with Gasteiger partial charge in [-0.05, 0) is 80.1 Å². The summed E-state index contributed by atoms with van der Waals surface area (Å²) in [5.41, 5.74) is 10.6. The molecule has 40 heavy (non-hydrogen) atoms. The molecule has 0 radical (unpaired) electrons. The average Bonchev–Trinajstić information content (AvgIpc) is 3.28. The Morgan fingerprint density at radius 3 is 2.27 bits per heavy atom. The van der Waals surface area contributed by atoms with Crippen LogP contribution in [0.25, 0.3) is 22.2 Å². The van der Waals surface area contributed by atoms with E-state index in [1.807, 2.05) is 35.2 Å². The first-order valence-corrected chi connectivity index (χ1v) is 15.1. The van der Waals surface area contributed by atoms with Crippen molar-refractivity contribution in [3.8, 4) is 11.3 Å². The number of nitrogens with two attached hydrogens (primary N) is 1. The van der Waals surface area contributed by atoms with E-state index in [9.17, 15) is 14.7 Å². The second-order valence-corrected chi connectivity index (χ2v) is 11.8. The van der Waals surface area contributed by atoms with Gasteiger partial charge in [0.2, 0.25) is 5.91 Å². The number of benzene rings is 2. The van der Waals surface area contributed by atoms with Gasteiger partial charge in [-0.3, -0.25) is 9.69 Å². The molecule has 1 saturated carbocycles. The zero-order chi connectivity index (χ0) is 28.4. The second kappa shape index (κ2) is 11.9. The molecule has 2 fully saturated rings. The molecule has 1 aliphatic heterocycles. The van der Waals surface area contributed by atoms with Gasteiger partial charge in [-0.25, -0.2) is 4.79 Å². The number of carboxylic acids is 1. The van der Waals surface area contributed by atoms with Crippen LogP contribution in [-0.2, 0) is 11.3 Å². The van der Waals surface area contributed by atoms with E-state index in [-0.39, 0.29) is 23.7 Å². The summed E-state index contributed by atoms with van der Waals surface area (Å²) < 4.78 is 2.06. The quantitative estimate of drug-likeness (QED) is 0.312. The fraction of sp³-hybridized carbons (Fsp3) is 0.500. The van der Waals surface area contributed by atoms with Gasteiger partial charge in [0.1, 0.15) is 6.54 Å². The number of rotatable bonds is 8. The number of aromatic nitrogens is 1. The topological polar surface area (TPSA) is 91.8 Å². The maximum Gasteiger partial charge on any atom is 0.335 e. The van der Waals surface area contributed by atoms with Gasteiger partial charge in [-0.2, -0.15) is 0 Å². The van der Waals surface area contributed by atoms with Crippen LogP contribution >= 0.6 is 11.6 Å². The maximum atomic E-state index is 13.9. The third-order valence-corrected chi connectivity index (χ3v) is 9.40. The number of nitrogens with zero attached hydrogens (tertiary/aromatic N) is 3. The highest BCUT2D eigenvalue weighted by atomic mass is 35.5. The number of amides is 1. The third kappa shape index (κ3) is 5.52. The van der Waals surface area contributed by atoms with Crippen molar-refractivity contribution in [2.45, 2.75) is 76.9 Å². The van der Waals surface area contributed by atoms with E-state index >= 15 is 0 Å². The fourth-order valence-corrected chi connectivity index (χ4v) is 7.07. The van der Waals surface area contributed by atoms with E-state index in [1.54, 1.807) is 12.1 Å². The Hall–Kier alpha value is -2.87. The summed E-state index contributed by atoms with van der Waals surface area (Å²) in [6, 6.07) is 13.1. The van der Waals surface area contributed by atoms with Gasteiger partial charge in [0.15, 0.2) is 0 Å². The highest BCUT2D eigenvalue weighted by molar-refractivity contribution is 6.30. The van der Waals surface area contributed by atoms with Gasteiger partial charge in [-0.1, -0.05) is 62.9 Å². The molecule has 1 saturated heterocycles. The first-order valence-electron chi connectivity index (χ1n) is 14.7. The number of piperidine rings is 1. The zero-order valence-corrected chi connectivity index (χ0v) is 24.4. The van der Waals surface area contributed by atoms with E-state index < -0.39 is 5.97 Å². The maximum absolute atomic E-state index is 13.9. The molecule has 1 aliphatic carbocycles. The Bertz CT molecular complexity index is 1370. The van der Waals surface area contributed by atoms with Crippen LogP contribution in [-0.4, -0.2) is 63.2 Å². The van der Waals surface area contributed by atoms with Crippen molar-refractivity contribution in [3.63, 3.8) is 0 Å². The molecular weight excluding hydrogens is 524 g/mol. The minimum Gasteiger partial charge on any atom is -0.478 e. The number of hydrogen-bond donors (Lipinski definition) is 2. The van der Waals surface area contributed by atoms with Crippen LogP contribution in [0, 0.1) is 0 Å². The first-order chi connectivity index (χ1) is 19.3. The molecule has 2 aliphatic rings. The Labute approximate surface area is 241 Å². The van der Waals surface area contributed by atoms with Crippen molar-refractivity contribution in [2.75, 3.05) is 26.2 Å². The van der Waals surface area contributed by atoms with E-state index in [0.717, 1.165) is 60.9 Å². The molecule has 3 aromatic rings. The number of likely N-dealkylation sites (tertiary alicyclic amines) is 1. The smallest absolute Gasteiger partial charge is 0.335 e. The minimum absolute atomic E-state index is 0.0321. The summed E-state index contributed by atoms with van der Waals surface area (Å²) in [6.07, 6.45) is 7.21. The number of aromatic carboxylic acids is 1. The van der Waals surface area contributed by atoms with Crippen LogP contribution in [0.2, 0.25) is 5.02 Å². The van der Waals surface area contributed by atoms with Crippen LogP contribution in [0.5, 0.6) is 0 Å². The van der Waals surface area contributed by atoms with Gasteiger partial charge < -0.3 is 20.3 Å². The van der Waals surface area contributed by atoms with Crippen LogP contribution in [0.15, 0.2) is 42.5 Å². The molecule has 0 atom stereocenters. The number of fused-ring (bicyclic) bond motifs is 1. The summed E-state index contributed by atoms with van der Waals surface area (Å²) in [7, 11) is 0. The fourth-order valence-electron chi connectivity index (χ4n) is 6.95. The van der Waals surface area contributed by atoms with Crippen molar-refractivity contribution in [2.24, 2.45) is 5.73 Å². The second-order valence-electron chi connectivity index (χ2n) is 11.4. The van der Waals surface area contributed by atoms with Gasteiger partial charge in [0.25, 0.3) is 0 Å². The molecule has 8 heteroatoms. The van der Waals surface area contributed by atoms with Gasteiger partial charge >= 0.3 is 5.97 Å². The normalized spacial score (nSPS) is 18.0. The zero-order valence-electron chi connectivity index (χ0n) is 23.7. The lowest BCUT2D eigenvalue weighted by Crippen LogP contribution is -2.61. The molecule has 0 unspecified atom stereocenters. The average molecular weight is 565 g/mol. The molecule has 1 amide bonds. The predicted octanol–water partition coefficient (Wildman–Crippen LogP) is 6.33. The highest BCUT2D eigenvalue weighted by Crippen LogP contribution is 2.44. The van der Waals surface area contributed by atoms with Crippen LogP contribution in [0.1, 0.15) is 80.6 Å². The molecule has 2 heterocycles. The van der Waals surface area contributed by atoms with E-state index in [1.165, 1.54) is 24.8 Å². The number of carbonyl (C=O) groups excluding carboxylic acids is 1. The van der Waals surface area contributed by atoms with Crippen molar-refractivity contribution in [3.05, 3.63) is 58.6 Å². The number of halogens is 1. The summed E-state index contributed by atoms with van der Waals surface area (Å²) in [4.78, 5) is 30.1.